The lowest BCUT2D eigenvalue weighted by atomic mass is 9.85. The fourth-order valence-corrected chi connectivity index (χ4v) is 2.81. The summed E-state index contributed by atoms with van der Waals surface area (Å²) in [6.07, 6.45) is 3.76. The molecule has 21 heavy (non-hydrogen) atoms. The van der Waals surface area contributed by atoms with Gasteiger partial charge in [-0.25, -0.2) is 4.68 Å². The Morgan fingerprint density at radius 1 is 1.05 bits per heavy atom. The van der Waals surface area contributed by atoms with Crippen molar-refractivity contribution in [2.45, 2.75) is 34.2 Å². The highest BCUT2D eigenvalue weighted by molar-refractivity contribution is 5.33. The predicted molar refractivity (Wildman–Crippen MR) is 88.4 cm³/mol. The van der Waals surface area contributed by atoms with Crippen molar-refractivity contribution < 1.29 is 0 Å². The Morgan fingerprint density at radius 3 is 2.24 bits per heavy atom. The minimum atomic E-state index is 0.722. The molecule has 0 aliphatic rings. The SMILES string of the molecule is CC(C)C(CNCc1ccc(-n2cccn2)cc1)C(C)C. The van der Waals surface area contributed by atoms with Gasteiger partial charge in [-0.15, -0.1) is 0 Å². The van der Waals surface area contributed by atoms with Crippen molar-refractivity contribution in [2.24, 2.45) is 17.8 Å². The zero-order chi connectivity index (χ0) is 15.2. The molecule has 3 nitrogen and oxygen atoms in total. The molecule has 2 rings (SSSR count). The largest absolute Gasteiger partial charge is 0.312 e. The van der Waals surface area contributed by atoms with Gasteiger partial charge in [0.2, 0.25) is 0 Å². The second-order valence-electron chi connectivity index (χ2n) is 6.40. The van der Waals surface area contributed by atoms with Crippen LogP contribution in [0, 0.1) is 17.8 Å². The predicted octanol–water partition coefficient (Wildman–Crippen LogP) is 3.89. The molecule has 0 radical (unpaired) electrons. The first-order valence-corrected chi connectivity index (χ1v) is 7.87. The summed E-state index contributed by atoms with van der Waals surface area (Å²) >= 11 is 0. The van der Waals surface area contributed by atoms with Crippen LogP contribution < -0.4 is 5.32 Å². The third-order valence-electron chi connectivity index (χ3n) is 4.13. The average molecular weight is 285 g/mol. The minimum absolute atomic E-state index is 0.722. The molecule has 0 unspecified atom stereocenters. The van der Waals surface area contributed by atoms with Crippen LogP contribution in [-0.2, 0) is 6.54 Å². The molecule has 0 bridgehead atoms. The Morgan fingerprint density at radius 2 is 1.71 bits per heavy atom. The molecule has 0 saturated carbocycles. The van der Waals surface area contributed by atoms with E-state index in [9.17, 15) is 0 Å². The van der Waals surface area contributed by atoms with Crippen LogP contribution in [0.5, 0.6) is 0 Å². The van der Waals surface area contributed by atoms with Crippen molar-refractivity contribution in [3.63, 3.8) is 0 Å². The topological polar surface area (TPSA) is 29.9 Å². The van der Waals surface area contributed by atoms with Crippen LogP contribution in [0.25, 0.3) is 5.69 Å². The van der Waals surface area contributed by atoms with Crippen molar-refractivity contribution in [3.8, 4) is 5.69 Å². The lowest BCUT2D eigenvalue weighted by Gasteiger charge is -2.25. The molecule has 0 atom stereocenters. The molecule has 0 spiro atoms. The molecule has 2 aromatic rings. The molecule has 0 aliphatic heterocycles. The van der Waals surface area contributed by atoms with E-state index in [0.717, 1.165) is 36.5 Å². The van der Waals surface area contributed by atoms with E-state index in [2.05, 4.69) is 62.4 Å². The van der Waals surface area contributed by atoms with E-state index in [1.807, 2.05) is 16.9 Å². The van der Waals surface area contributed by atoms with E-state index < -0.39 is 0 Å². The summed E-state index contributed by atoms with van der Waals surface area (Å²) in [5.41, 5.74) is 2.42. The maximum Gasteiger partial charge on any atom is 0.0645 e. The number of benzene rings is 1. The van der Waals surface area contributed by atoms with Crippen LogP contribution in [-0.4, -0.2) is 16.3 Å². The fraction of sp³-hybridized carbons (Fsp3) is 0.500. The Hall–Kier alpha value is -1.61. The van der Waals surface area contributed by atoms with E-state index in [1.54, 1.807) is 6.20 Å². The van der Waals surface area contributed by atoms with E-state index in [1.165, 1.54) is 5.56 Å². The van der Waals surface area contributed by atoms with Gasteiger partial charge in [0.1, 0.15) is 0 Å². The highest BCUT2D eigenvalue weighted by atomic mass is 15.3. The molecule has 0 fully saturated rings. The maximum absolute atomic E-state index is 4.24. The first-order valence-electron chi connectivity index (χ1n) is 7.87. The van der Waals surface area contributed by atoms with Crippen molar-refractivity contribution >= 4 is 0 Å². The highest BCUT2D eigenvalue weighted by Gasteiger charge is 2.16. The number of hydrogen-bond donors (Lipinski definition) is 1. The van der Waals surface area contributed by atoms with Crippen LogP contribution in [0.15, 0.2) is 42.7 Å². The van der Waals surface area contributed by atoms with Crippen molar-refractivity contribution in [3.05, 3.63) is 48.3 Å². The third-order valence-corrected chi connectivity index (χ3v) is 4.13. The Bertz CT molecular complexity index is 504. The summed E-state index contributed by atoms with van der Waals surface area (Å²) in [7, 11) is 0. The molecule has 3 heteroatoms. The summed E-state index contributed by atoms with van der Waals surface area (Å²) in [5, 5.41) is 7.84. The van der Waals surface area contributed by atoms with Gasteiger partial charge in [0.25, 0.3) is 0 Å². The van der Waals surface area contributed by atoms with Gasteiger partial charge in [-0.1, -0.05) is 39.8 Å². The van der Waals surface area contributed by atoms with E-state index in [0.29, 0.717) is 0 Å². The molecule has 0 amide bonds. The summed E-state index contributed by atoms with van der Waals surface area (Å²) in [4.78, 5) is 0. The number of hydrogen-bond acceptors (Lipinski definition) is 2. The summed E-state index contributed by atoms with van der Waals surface area (Å²) < 4.78 is 1.88. The molecule has 1 heterocycles. The molecular formula is C18H27N3. The Labute approximate surface area is 128 Å². The van der Waals surface area contributed by atoms with Gasteiger partial charge < -0.3 is 5.32 Å². The summed E-state index contributed by atoms with van der Waals surface area (Å²) in [5.74, 6) is 2.17. The normalized spacial score (nSPS) is 11.8. The lowest BCUT2D eigenvalue weighted by molar-refractivity contribution is 0.275. The Kier molecular flexibility index (Phi) is 5.57. The number of rotatable bonds is 7. The van der Waals surface area contributed by atoms with Gasteiger partial charge in [0, 0.05) is 18.9 Å². The maximum atomic E-state index is 4.24. The van der Waals surface area contributed by atoms with Crippen LogP contribution in [0.3, 0.4) is 0 Å². The van der Waals surface area contributed by atoms with Crippen molar-refractivity contribution in [1.29, 1.82) is 0 Å². The minimum Gasteiger partial charge on any atom is -0.312 e. The number of nitrogens with one attached hydrogen (secondary N) is 1. The second-order valence-corrected chi connectivity index (χ2v) is 6.40. The van der Waals surface area contributed by atoms with Crippen molar-refractivity contribution in [2.75, 3.05) is 6.54 Å². The van der Waals surface area contributed by atoms with Crippen LogP contribution in [0.1, 0.15) is 33.3 Å². The van der Waals surface area contributed by atoms with E-state index in [4.69, 9.17) is 0 Å². The molecule has 114 valence electrons. The average Bonchev–Trinajstić information content (AvgIpc) is 2.97. The smallest absolute Gasteiger partial charge is 0.0645 e. The van der Waals surface area contributed by atoms with Crippen molar-refractivity contribution in [1.82, 2.24) is 15.1 Å². The number of aromatic nitrogens is 2. The van der Waals surface area contributed by atoms with E-state index >= 15 is 0 Å². The van der Waals surface area contributed by atoms with Crippen LogP contribution >= 0.6 is 0 Å². The first kappa shape index (κ1) is 15.8. The van der Waals surface area contributed by atoms with Gasteiger partial charge in [-0.2, -0.15) is 5.10 Å². The zero-order valence-corrected chi connectivity index (χ0v) is 13.6. The molecule has 1 N–H and O–H groups in total. The van der Waals surface area contributed by atoms with Gasteiger partial charge in [0.05, 0.1) is 5.69 Å². The summed E-state index contributed by atoms with van der Waals surface area (Å²) in [6, 6.07) is 10.5. The fourth-order valence-electron chi connectivity index (χ4n) is 2.81. The van der Waals surface area contributed by atoms with Gasteiger partial charge in [0.15, 0.2) is 0 Å². The molecule has 0 aliphatic carbocycles. The molecular weight excluding hydrogens is 258 g/mol. The second kappa shape index (κ2) is 7.41. The Balaban J connectivity index is 1.86. The van der Waals surface area contributed by atoms with Crippen LogP contribution in [0.4, 0.5) is 0 Å². The van der Waals surface area contributed by atoms with Gasteiger partial charge >= 0.3 is 0 Å². The lowest BCUT2D eigenvalue weighted by Crippen LogP contribution is -2.29. The van der Waals surface area contributed by atoms with Crippen LogP contribution in [0.2, 0.25) is 0 Å². The molecule has 0 saturated heterocycles. The standard InChI is InChI=1S/C18H27N3/c1-14(2)18(15(3)4)13-19-12-16-6-8-17(9-7-16)21-11-5-10-20-21/h5-11,14-15,18-19H,12-13H2,1-4H3. The monoisotopic (exact) mass is 285 g/mol. The highest BCUT2D eigenvalue weighted by Crippen LogP contribution is 2.19. The van der Waals surface area contributed by atoms with Gasteiger partial charge in [-0.05, 0) is 48.1 Å². The van der Waals surface area contributed by atoms with Gasteiger partial charge in [-0.3, -0.25) is 0 Å². The molecule has 1 aromatic heterocycles. The number of nitrogens with zero attached hydrogens (tertiary/aromatic N) is 2. The third kappa shape index (κ3) is 4.43. The van der Waals surface area contributed by atoms with E-state index in [-0.39, 0.29) is 0 Å². The summed E-state index contributed by atoms with van der Waals surface area (Å²) in [6.45, 7) is 11.2. The first-order chi connectivity index (χ1) is 10.1. The zero-order valence-electron chi connectivity index (χ0n) is 13.6. The quantitative estimate of drug-likeness (QED) is 0.836. The molecule has 1 aromatic carbocycles.